The third-order valence-corrected chi connectivity index (χ3v) is 4.61. The van der Waals surface area contributed by atoms with E-state index in [9.17, 15) is 0 Å². The van der Waals surface area contributed by atoms with Crippen molar-refractivity contribution in [2.24, 2.45) is 0 Å². The lowest BCUT2D eigenvalue weighted by atomic mass is 9.93. The fourth-order valence-corrected chi connectivity index (χ4v) is 3.42. The minimum atomic E-state index is 0.789. The van der Waals surface area contributed by atoms with Gasteiger partial charge >= 0.3 is 0 Å². The van der Waals surface area contributed by atoms with E-state index in [0.717, 1.165) is 6.04 Å². The van der Waals surface area contributed by atoms with Crippen LogP contribution in [0.3, 0.4) is 0 Å². The van der Waals surface area contributed by atoms with Crippen molar-refractivity contribution in [1.29, 1.82) is 0 Å². The van der Waals surface area contributed by atoms with E-state index in [-0.39, 0.29) is 0 Å². The molecule has 0 atom stereocenters. The molecule has 0 unspecified atom stereocenters. The van der Waals surface area contributed by atoms with Gasteiger partial charge in [-0.05, 0) is 31.4 Å². The highest BCUT2D eigenvalue weighted by Gasteiger charge is 2.20. The maximum atomic E-state index is 2.70. The summed E-state index contributed by atoms with van der Waals surface area (Å²) in [7, 11) is 0. The normalized spacial score (nSPS) is 16.2. The van der Waals surface area contributed by atoms with Gasteiger partial charge in [0, 0.05) is 18.3 Å². The Morgan fingerprint density at radius 1 is 0.900 bits per heavy atom. The largest absolute Gasteiger partial charge is 0.369 e. The zero-order valence-corrected chi connectivity index (χ0v) is 13.2. The number of anilines is 1. The summed E-state index contributed by atoms with van der Waals surface area (Å²) in [6.07, 6.45) is 14.0. The van der Waals surface area contributed by atoms with Gasteiger partial charge in [-0.15, -0.1) is 0 Å². The lowest BCUT2D eigenvalue weighted by Gasteiger charge is -2.36. The molecule has 0 aliphatic heterocycles. The third-order valence-electron chi connectivity index (χ3n) is 4.61. The van der Waals surface area contributed by atoms with Crippen LogP contribution in [0.2, 0.25) is 0 Å². The second-order valence-corrected chi connectivity index (χ2v) is 6.23. The van der Waals surface area contributed by atoms with Gasteiger partial charge in [-0.25, -0.2) is 0 Å². The summed E-state index contributed by atoms with van der Waals surface area (Å²) in [6.45, 7) is 3.54. The highest BCUT2D eigenvalue weighted by molar-refractivity contribution is 5.47. The molecular weight excluding hydrogens is 242 g/mol. The van der Waals surface area contributed by atoms with Crippen molar-refractivity contribution in [3.8, 4) is 0 Å². The van der Waals surface area contributed by atoms with Crippen molar-refractivity contribution < 1.29 is 0 Å². The molecule has 1 aliphatic rings. The van der Waals surface area contributed by atoms with Crippen LogP contribution in [0.15, 0.2) is 30.3 Å². The molecule has 2 rings (SSSR count). The molecule has 0 saturated heterocycles. The smallest absolute Gasteiger partial charge is 0.0368 e. The molecule has 1 aromatic carbocycles. The van der Waals surface area contributed by atoms with Gasteiger partial charge in [0.15, 0.2) is 0 Å². The Kier molecular flexibility index (Phi) is 6.97. The van der Waals surface area contributed by atoms with E-state index in [1.807, 2.05) is 0 Å². The number of nitrogens with zero attached hydrogens (tertiary/aromatic N) is 1. The Bertz CT molecular complexity index is 340. The first kappa shape index (κ1) is 15.4. The van der Waals surface area contributed by atoms with Crippen molar-refractivity contribution >= 4 is 5.69 Å². The standard InChI is InChI=1S/C19H31N/c1-2-3-4-5-12-17-20(18-13-8-6-9-14-18)19-15-10-7-11-16-19/h6,8-9,13-14,19H,2-5,7,10-12,15-17H2,1H3. The summed E-state index contributed by atoms with van der Waals surface area (Å²) < 4.78 is 0. The fourth-order valence-electron chi connectivity index (χ4n) is 3.42. The van der Waals surface area contributed by atoms with Crippen molar-refractivity contribution in [2.45, 2.75) is 77.2 Å². The number of para-hydroxylation sites is 1. The molecule has 0 heterocycles. The van der Waals surface area contributed by atoms with Gasteiger partial charge in [0.05, 0.1) is 0 Å². The molecule has 0 aromatic heterocycles. The molecule has 20 heavy (non-hydrogen) atoms. The van der Waals surface area contributed by atoms with Crippen LogP contribution in [0.4, 0.5) is 5.69 Å². The van der Waals surface area contributed by atoms with Gasteiger partial charge in [0.2, 0.25) is 0 Å². The number of unbranched alkanes of at least 4 members (excludes halogenated alkanes) is 4. The Morgan fingerprint density at radius 3 is 2.30 bits per heavy atom. The van der Waals surface area contributed by atoms with Crippen molar-refractivity contribution in [1.82, 2.24) is 0 Å². The van der Waals surface area contributed by atoms with Gasteiger partial charge in [0.25, 0.3) is 0 Å². The summed E-state index contributed by atoms with van der Waals surface area (Å²) in [5.74, 6) is 0. The van der Waals surface area contributed by atoms with Crippen LogP contribution < -0.4 is 4.90 Å². The van der Waals surface area contributed by atoms with Gasteiger partial charge in [-0.1, -0.05) is 70.1 Å². The Morgan fingerprint density at radius 2 is 1.60 bits per heavy atom. The van der Waals surface area contributed by atoms with Gasteiger partial charge < -0.3 is 4.90 Å². The Balaban J connectivity index is 1.90. The molecule has 1 heteroatoms. The maximum Gasteiger partial charge on any atom is 0.0368 e. The molecule has 0 spiro atoms. The first-order valence-electron chi connectivity index (χ1n) is 8.73. The summed E-state index contributed by atoms with van der Waals surface area (Å²) in [6, 6.07) is 11.9. The third kappa shape index (κ3) is 4.85. The SMILES string of the molecule is CCCCCCCN(c1ccccc1)C1CCCCC1. The zero-order valence-electron chi connectivity index (χ0n) is 13.2. The summed E-state index contributed by atoms with van der Waals surface area (Å²) in [4.78, 5) is 2.70. The molecule has 1 fully saturated rings. The Hall–Kier alpha value is -0.980. The second kappa shape index (κ2) is 9.05. The minimum Gasteiger partial charge on any atom is -0.369 e. The van der Waals surface area contributed by atoms with E-state index in [0.29, 0.717) is 0 Å². The molecule has 1 aliphatic carbocycles. The molecular formula is C19H31N. The monoisotopic (exact) mass is 273 g/mol. The molecule has 1 aromatic rings. The number of hydrogen-bond acceptors (Lipinski definition) is 1. The number of benzene rings is 1. The predicted octanol–water partition coefficient (Wildman–Crippen LogP) is 5.80. The van der Waals surface area contributed by atoms with Crippen molar-refractivity contribution in [3.05, 3.63) is 30.3 Å². The second-order valence-electron chi connectivity index (χ2n) is 6.23. The molecule has 0 N–H and O–H groups in total. The Labute approximate surface area is 125 Å². The maximum absolute atomic E-state index is 2.70. The first-order valence-corrected chi connectivity index (χ1v) is 8.73. The summed E-state index contributed by atoms with van der Waals surface area (Å²) in [5, 5.41) is 0. The van der Waals surface area contributed by atoms with Crippen LogP contribution >= 0.6 is 0 Å². The minimum absolute atomic E-state index is 0.789. The molecule has 1 nitrogen and oxygen atoms in total. The van der Waals surface area contributed by atoms with Gasteiger partial charge in [-0.2, -0.15) is 0 Å². The average Bonchev–Trinajstić information content (AvgIpc) is 2.53. The molecule has 0 amide bonds. The molecule has 0 bridgehead atoms. The van der Waals surface area contributed by atoms with E-state index in [1.165, 1.54) is 76.4 Å². The van der Waals surface area contributed by atoms with Crippen LogP contribution in [-0.2, 0) is 0 Å². The summed E-state index contributed by atoms with van der Waals surface area (Å²) >= 11 is 0. The van der Waals surface area contributed by atoms with E-state index < -0.39 is 0 Å². The molecule has 112 valence electrons. The van der Waals surface area contributed by atoms with Gasteiger partial charge in [0.1, 0.15) is 0 Å². The van der Waals surface area contributed by atoms with Crippen LogP contribution in [0.5, 0.6) is 0 Å². The van der Waals surface area contributed by atoms with E-state index >= 15 is 0 Å². The predicted molar refractivity (Wildman–Crippen MR) is 89.4 cm³/mol. The van der Waals surface area contributed by atoms with E-state index in [1.54, 1.807) is 0 Å². The van der Waals surface area contributed by atoms with Crippen LogP contribution in [0, 0.1) is 0 Å². The van der Waals surface area contributed by atoms with E-state index in [2.05, 4.69) is 42.2 Å². The zero-order chi connectivity index (χ0) is 14.0. The lowest BCUT2D eigenvalue weighted by molar-refractivity contribution is 0.410. The summed E-state index contributed by atoms with van der Waals surface area (Å²) in [5.41, 5.74) is 1.44. The molecule has 1 saturated carbocycles. The lowest BCUT2D eigenvalue weighted by Crippen LogP contribution is -2.37. The highest BCUT2D eigenvalue weighted by atomic mass is 15.2. The highest BCUT2D eigenvalue weighted by Crippen LogP contribution is 2.27. The van der Waals surface area contributed by atoms with Crippen molar-refractivity contribution in [2.75, 3.05) is 11.4 Å². The molecule has 0 radical (unpaired) electrons. The number of hydrogen-bond donors (Lipinski definition) is 0. The van der Waals surface area contributed by atoms with Crippen LogP contribution in [0.25, 0.3) is 0 Å². The van der Waals surface area contributed by atoms with Crippen LogP contribution in [-0.4, -0.2) is 12.6 Å². The quantitative estimate of drug-likeness (QED) is 0.541. The van der Waals surface area contributed by atoms with E-state index in [4.69, 9.17) is 0 Å². The topological polar surface area (TPSA) is 3.24 Å². The fraction of sp³-hybridized carbons (Fsp3) is 0.684. The number of rotatable bonds is 8. The average molecular weight is 273 g/mol. The van der Waals surface area contributed by atoms with Gasteiger partial charge in [-0.3, -0.25) is 0 Å². The first-order chi connectivity index (χ1) is 9.92. The van der Waals surface area contributed by atoms with Crippen molar-refractivity contribution in [3.63, 3.8) is 0 Å². The van der Waals surface area contributed by atoms with Crippen LogP contribution in [0.1, 0.15) is 71.1 Å².